The lowest BCUT2D eigenvalue weighted by Gasteiger charge is -2.25. The molecule has 0 aliphatic rings. The quantitative estimate of drug-likeness (QED) is 0.190. The molecular formula is C46H30N2O. The number of para-hydroxylation sites is 3. The van der Waals surface area contributed by atoms with E-state index in [4.69, 9.17) is 4.42 Å². The molecule has 10 rings (SSSR count). The van der Waals surface area contributed by atoms with Crippen LogP contribution in [0.4, 0.5) is 17.1 Å². The number of anilines is 3. The van der Waals surface area contributed by atoms with Gasteiger partial charge in [0.1, 0.15) is 11.2 Å². The second-order valence-corrected chi connectivity index (χ2v) is 12.6. The molecule has 0 atom stereocenters. The van der Waals surface area contributed by atoms with Gasteiger partial charge in [0.25, 0.3) is 0 Å². The fraction of sp³-hybridized carbons (Fsp3) is 0. The Kier molecular flexibility index (Phi) is 6.18. The van der Waals surface area contributed by atoms with E-state index in [0.29, 0.717) is 0 Å². The summed E-state index contributed by atoms with van der Waals surface area (Å²) >= 11 is 0. The lowest BCUT2D eigenvalue weighted by Crippen LogP contribution is -2.09. The summed E-state index contributed by atoms with van der Waals surface area (Å²) in [7, 11) is 0. The maximum atomic E-state index is 6.33. The first-order valence-electron chi connectivity index (χ1n) is 16.7. The molecule has 0 radical (unpaired) electrons. The highest BCUT2D eigenvalue weighted by Gasteiger charge is 2.19. The lowest BCUT2D eigenvalue weighted by atomic mass is 10.0. The molecule has 0 unspecified atom stereocenters. The minimum Gasteiger partial charge on any atom is -0.456 e. The second-order valence-electron chi connectivity index (χ2n) is 12.6. The van der Waals surface area contributed by atoms with Gasteiger partial charge in [0, 0.05) is 50.4 Å². The van der Waals surface area contributed by atoms with E-state index in [1.807, 2.05) is 12.1 Å². The van der Waals surface area contributed by atoms with Crippen LogP contribution in [0, 0.1) is 0 Å². The van der Waals surface area contributed by atoms with Crippen LogP contribution in [0.15, 0.2) is 186 Å². The maximum absolute atomic E-state index is 6.33. The van der Waals surface area contributed by atoms with E-state index in [2.05, 4.69) is 179 Å². The molecule has 0 aliphatic carbocycles. The van der Waals surface area contributed by atoms with Gasteiger partial charge >= 0.3 is 0 Å². The highest BCUT2D eigenvalue weighted by molar-refractivity contribution is 6.11. The first-order valence-corrected chi connectivity index (χ1v) is 16.7. The van der Waals surface area contributed by atoms with Crippen LogP contribution in [0.3, 0.4) is 0 Å². The number of aromatic nitrogens is 1. The monoisotopic (exact) mass is 626 g/mol. The molecule has 230 valence electrons. The second kappa shape index (κ2) is 11.0. The summed E-state index contributed by atoms with van der Waals surface area (Å²) in [6, 6.07) is 65.0. The Morgan fingerprint density at radius 3 is 1.86 bits per heavy atom. The number of fused-ring (bicyclic) bond motifs is 7. The zero-order valence-corrected chi connectivity index (χ0v) is 26.6. The van der Waals surface area contributed by atoms with Crippen molar-refractivity contribution in [2.75, 3.05) is 4.90 Å². The average Bonchev–Trinajstić information content (AvgIpc) is 3.70. The Balaban J connectivity index is 1.13. The number of rotatable bonds is 5. The van der Waals surface area contributed by atoms with E-state index in [9.17, 15) is 0 Å². The number of hydrogen-bond acceptors (Lipinski definition) is 2. The summed E-state index contributed by atoms with van der Waals surface area (Å²) in [5.74, 6) is 0. The van der Waals surface area contributed by atoms with Gasteiger partial charge in [-0.05, 0) is 88.6 Å². The van der Waals surface area contributed by atoms with Crippen molar-refractivity contribution in [1.82, 2.24) is 4.57 Å². The molecule has 2 aromatic heterocycles. The van der Waals surface area contributed by atoms with Crippen LogP contribution >= 0.6 is 0 Å². The molecule has 2 heterocycles. The maximum Gasteiger partial charge on any atom is 0.137 e. The van der Waals surface area contributed by atoms with Gasteiger partial charge in [-0.25, -0.2) is 0 Å². The van der Waals surface area contributed by atoms with Crippen molar-refractivity contribution in [3.05, 3.63) is 182 Å². The highest BCUT2D eigenvalue weighted by atomic mass is 16.3. The fourth-order valence-corrected chi connectivity index (χ4v) is 7.43. The van der Waals surface area contributed by atoms with Crippen LogP contribution in [0.25, 0.3) is 71.3 Å². The van der Waals surface area contributed by atoms with Crippen molar-refractivity contribution < 1.29 is 4.42 Å². The largest absolute Gasteiger partial charge is 0.456 e. The number of furan rings is 1. The Morgan fingerprint density at radius 2 is 1.00 bits per heavy atom. The molecule has 0 fully saturated rings. The predicted molar refractivity (Wildman–Crippen MR) is 206 cm³/mol. The van der Waals surface area contributed by atoms with Gasteiger partial charge in [-0.2, -0.15) is 0 Å². The minimum atomic E-state index is 0.876. The molecule has 49 heavy (non-hydrogen) atoms. The summed E-state index contributed by atoms with van der Waals surface area (Å²) < 4.78 is 8.73. The van der Waals surface area contributed by atoms with Gasteiger partial charge in [-0.15, -0.1) is 0 Å². The molecule has 0 spiro atoms. The minimum absolute atomic E-state index is 0.876. The van der Waals surface area contributed by atoms with Crippen LogP contribution in [-0.2, 0) is 0 Å². The van der Waals surface area contributed by atoms with Gasteiger partial charge < -0.3 is 13.9 Å². The van der Waals surface area contributed by atoms with Crippen molar-refractivity contribution in [3.63, 3.8) is 0 Å². The highest BCUT2D eigenvalue weighted by Crippen LogP contribution is 2.41. The van der Waals surface area contributed by atoms with Crippen LogP contribution in [0.1, 0.15) is 0 Å². The Labute approximate surface area is 283 Å². The summed E-state index contributed by atoms with van der Waals surface area (Å²) in [4.78, 5) is 2.32. The molecule has 0 bridgehead atoms. The topological polar surface area (TPSA) is 21.3 Å². The predicted octanol–water partition coefficient (Wildman–Crippen LogP) is 13.0. The third kappa shape index (κ3) is 4.51. The van der Waals surface area contributed by atoms with Gasteiger partial charge in [0.15, 0.2) is 0 Å². The summed E-state index contributed by atoms with van der Waals surface area (Å²) in [5.41, 5.74) is 10.9. The molecule has 8 aromatic carbocycles. The summed E-state index contributed by atoms with van der Waals surface area (Å²) in [6.07, 6.45) is 0. The van der Waals surface area contributed by atoms with Gasteiger partial charge in [-0.3, -0.25) is 0 Å². The van der Waals surface area contributed by atoms with Gasteiger partial charge in [0.05, 0.1) is 11.0 Å². The van der Waals surface area contributed by atoms with Crippen LogP contribution < -0.4 is 4.90 Å². The van der Waals surface area contributed by atoms with Gasteiger partial charge in [-0.1, -0.05) is 109 Å². The van der Waals surface area contributed by atoms with E-state index in [0.717, 1.165) is 50.2 Å². The smallest absolute Gasteiger partial charge is 0.137 e. The summed E-state index contributed by atoms with van der Waals surface area (Å²) in [5, 5.41) is 7.21. The fourth-order valence-electron chi connectivity index (χ4n) is 7.43. The number of benzene rings is 8. The molecule has 0 amide bonds. The third-order valence-corrected chi connectivity index (χ3v) is 9.76. The molecule has 10 aromatic rings. The van der Waals surface area contributed by atoms with E-state index in [-0.39, 0.29) is 0 Å². The molecule has 3 heteroatoms. The van der Waals surface area contributed by atoms with Gasteiger partial charge in [0.2, 0.25) is 0 Å². The number of nitrogens with zero attached hydrogens (tertiary/aromatic N) is 2. The van der Waals surface area contributed by atoms with Crippen LogP contribution in [-0.4, -0.2) is 4.57 Å². The zero-order valence-electron chi connectivity index (χ0n) is 26.6. The average molecular weight is 627 g/mol. The summed E-state index contributed by atoms with van der Waals surface area (Å²) in [6.45, 7) is 0. The molecule has 0 saturated carbocycles. The Morgan fingerprint density at radius 1 is 0.367 bits per heavy atom. The van der Waals surface area contributed by atoms with E-state index < -0.39 is 0 Å². The molecule has 0 N–H and O–H groups in total. The standard InChI is InChI=1S/C46H30N2O/c1-2-12-35(13-3-1)47(38-25-27-42-41-15-7-9-17-45(41)49-46(42)30-38)37-24-26-40-39-14-6-8-16-43(39)48(44(40)29-37)36-22-20-32(21-23-36)34-19-18-31-10-4-5-11-33(31)28-34/h1-30H. The molecule has 0 saturated heterocycles. The normalized spacial score (nSPS) is 11.7. The van der Waals surface area contributed by atoms with Crippen molar-refractivity contribution >= 4 is 71.6 Å². The zero-order chi connectivity index (χ0) is 32.3. The molecule has 3 nitrogen and oxygen atoms in total. The van der Waals surface area contributed by atoms with Crippen LogP contribution in [0.5, 0.6) is 0 Å². The Hall–Kier alpha value is -6.58. The molecule has 0 aliphatic heterocycles. The number of hydrogen-bond donors (Lipinski definition) is 0. The SMILES string of the molecule is c1ccc(N(c2ccc3c(c2)oc2ccccc23)c2ccc3c4ccccc4n(-c4ccc(-c5ccc6ccccc6c5)cc4)c3c2)cc1. The van der Waals surface area contributed by atoms with E-state index in [1.54, 1.807) is 0 Å². The first kappa shape index (κ1) is 27.5. The van der Waals surface area contributed by atoms with Crippen molar-refractivity contribution in [3.8, 4) is 16.8 Å². The first-order chi connectivity index (χ1) is 24.3. The van der Waals surface area contributed by atoms with Crippen molar-refractivity contribution in [1.29, 1.82) is 0 Å². The van der Waals surface area contributed by atoms with E-state index in [1.165, 1.54) is 38.2 Å². The Bertz CT molecular complexity index is 2830. The third-order valence-electron chi connectivity index (χ3n) is 9.76. The molecular weight excluding hydrogens is 597 g/mol. The van der Waals surface area contributed by atoms with Crippen molar-refractivity contribution in [2.24, 2.45) is 0 Å². The van der Waals surface area contributed by atoms with E-state index >= 15 is 0 Å². The lowest BCUT2D eigenvalue weighted by molar-refractivity contribution is 0.669. The van der Waals surface area contributed by atoms with Crippen LogP contribution in [0.2, 0.25) is 0 Å². The van der Waals surface area contributed by atoms with Crippen molar-refractivity contribution in [2.45, 2.75) is 0 Å².